The molecule has 1 aliphatic rings. The monoisotopic (exact) mass is 383 g/mol. The van der Waals surface area contributed by atoms with E-state index in [0.29, 0.717) is 6.42 Å². The highest BCUT2D eigenvalue weighted by atomic mass is 32.2. The lowest BCUT2D eigenvalue weighted by molar-refractivity contribution is -0.118. The summed E-state index contributed by atoms with van der Waals surface area (Å²) in [6.07, 6.45) is 3.56. The van der Waals surface area contributed by atoms with Crippen LogP contribution >= 0.6 is 0 Å². The zero-order valence-electron chi connectivity index (χ0n) is 15.8. The summed E-state index contributed by atoms with van der Waals surface area (Å²) in [4.78, 5) is 14.7. The van der Waals surface area contributed by atoms with E-state index in [2.05, 4.69) is 12.1 Å². The first-order valence-corrected chi connectivity index (χ1v) is 10.9. The molecular formula is C22H25NO3S. The Morgan fingerprint density at radius 1 is 1.07 bits per heavy atom. The lowest BCUT2D eigenvalue weighted by atomic mass is 10.1. The van der Waals surface area contributed by atoms with Crippen LogP contribution in [0.15, 0.2) is 60.0 Å². The van der Waals surface area contributed by atoms with Crippen LogP contribution in [0.1, 0.15) is 29.5 Å². The van der Waals surface area contributed by atoms with Crippen LogP contribution in [0.5, 0.6) is 0 Å². The van der Waals surface area contributed by atoms with E-state index in [-0.39, 0.29) is 11.7 Å². The molecule has 0 N–H and O–H groups in total. The van der Waals surface area contributed by atoms with Crippen molar-refractivity contribution in [3.63, 3.8) is 0 Å². The number of aryl methyl sites for hydroxylation is 3. The molecule has 1 atom stereocenters. The maximum atomic E-state index is 13.0. The Hall–Kier alpha value is -2.40. The van der Waals surface area contributed by atoms with E-state index in [0.717, 1.165) is 29.7 Å². The van der Waals surface area contributed by atoms with Crippen molar-refractivity contribution in [3.8, 4) is 0 Å². The number of carbonyl (C=O) groups is 1. The summed E-state index contributed by atoms with van der Waals surface area (Å²) in [5.74, 6) is -0.0920. The Labute approximate surface area is 161 Å². The summed E-state index contributed by atoms with van der Waals surface area (Å²) in [5, 5.41) is 1.23. The van der Waals surface area contributed by atoms with Crippen molar-refractivity contribution in [2.75, 3.05) is 10.7 Å². The van der Waals surface area contributed by atoms with Crippen LogP contribution in [0.25, 0.3) is 0 Å². The van der Waals surface area contributed by atoms with E-state index in [1.807, 2.05) is 50.2 Å². The van der Waals surface area contributed by atoms with Gasteiger partial charge in [0.05, 0.1) is 11.8 Å². The van der Waals surface area contributed by atoms with Crippen molar-refractivity contribution in [3.05, 3.63) is 76.7 Å². The van der Waals surface area contributed by atoms with Gasteiger partial charge in [0.25, 0.3) is 0 Å². The molecule has 0 aromatic heterocycles. The SMILES string of the molecule is Cc1ccc(N(C(=O)CCCc2ccccc2)[C@H]2C=CS(=O)(=O)C2)cc1C. The van der Waals surface area contributed by atoms with Crippen LogP contribution in [0.3, 0.4) is 0 Å². The number of anilines is 1. The van der Waals surface area contributed by atoms with Crippen molar-refractivity contribution in [1.82, 2.24) is 0 Å². The van der Waals surface area contributed by atoms with Crippen LogP contribution in [-0.2, 0) is 21.1 Å². The molecule has 0 saturated heterocycles. The number of rotatable bonds is 6. The smallest absolute Gasteiger partial charge is 0.227 e. The van der Waals surface area contributed by atoms with Gasteiger partial charge in [-0.2, -0.15) is 0 Å². The maximum Gasteiger partial charge on any atom is 0.227 e. The Morgan fingerprint density at radius 3 is 2.44 bits per heavy atom. The molecule has 3 rings (SSSR count). The summed E-state index contributed by atoms with van der Waals surface area (Å²) < 4.78 is 23.8. The molecule has 0 radical (unpaired) electrons. The summed E-state index contributed by atoms with van der Waals surface area (Å²) in [7, 11) is -3.24. The van der Waals surface area contributed by atoms with Crippen LogP contribution in [0.4, 0.5) is 5.69 Å². The average molecular weight is 384 g/mol. The van der Waals surface area contributed by atoms with E-state index in [1.165, 1.54) is 11.0 Å². The lowest BCUT2D eigenvalue weighted by Gasteiger charge is -2.28. The van der Waals surface area contributed by atoms with Crippen molar-refractivity contribution in [2.24, 2.45) is 0 Å². The summed E-state index contributed by atoms with van der Waals surface area (Å²) in [6, 6.07) is 15.5. The fourth-order valence-electron chi connectivity index (χ4n) is 3.32. The highest BCUT2D eigenvalue weighted by Crippen LogP contribution is 2.26. The van der Waals surface area contributed by atoms with Crippen LogP contribution in [0, 0.1) is 13.8 Å². The van der Waals surface area contributed by atoms with Gasteiger partial charge in [0.15, 0.2) is 9.84 Å². The maximum absolute atomic E-state index is 13.0. The van der Waals surface area contributed by atoms with Gasteiger partial charge in [-0.25, -0.2) is 8.42 Å². The average Bonchev–Trinajstić information content (AvgIpc) is 2.98. The highest BCUT2D eigenvalue weighted by molar-refractivity contribution is 7.94. The molecule has 0 bridgehead atoms. The number of nitrogens with zero attached hydrogens (tertiary/aromatic N) is 1. The predicted octanol–water partition coefficient (Wildman–Crippen LogP) is 3.97. The molecule has 0 aliphatic carbocycles. The number of sulfone groups is 1. The van der Waals surface area contributed by atoms with E-state index in [1.54, 1.807) is 11.0 Å². The highest BCUT2D eigenvalue weighted by Gasteiger charge is 2.31. The molecule has 0 spiro atoms. The normalized spacial score (nSPS) is 17.8. The third-order valence-corrected chi connectivity index (χ3v) is 6.36. The largest absolute Gasteiger partial charge is 0.304 e. The number of benzene rings is 2. The molecule has 1 amide bonds. The molecule has 1 aliphatic heterocycles. The fraction of sp³-hybridized carbons (Fsp3) is 0.318. The minimum atomic E-state index is -3.24. The molecule has 27 heavy (non-hydrogen) atoms. The van der Waals surface area contributed by atoms with Gasteiger partial charge >= 0.3 is 0 Å². The molecule has 0 fully saturated rings. The van der Waals surface area contributed by atoms with E-state index < -0.39 is 15.9 Å². The molecule has 2 aromatic rings. The van der Waals surface area contributed by atoms with Crippen LogP contribution < -0.4 is 4.90 Å². The van der Waals surface area contributed by atoms with Crippen LogP contribution in [-0.4, -0.2) is 26.1 Å². The van der Waals surface area contributed by atoms with Gasteiger partial charge in [-0.15, -0.1) is 0 Å². The van der Waals surface area contributed by atoms with Crippen molar-refractivity contribution in [2.45, 2.75) is 39.2 Å². The van der Waals surface area contributed by atoms with E-state index in [9.17, 15) is 13.2 Å². The zero-order chi connectivity index (χ0) is 19.4. The van der Waals surface area contributed by atoms with E-state index in [4.69, 9.17) is 0 Å². The number of hydrogen-bond acceptors (Lipinski definition) is 3. The minimum absolute atomic E-state index is 0.0408. The van der Waals surface area contributed by atoms with Gasteiger partial charge in [0, 0.05) is 17.5 Å². The second kappa shape index (κ2) is 8.09. The van der Waals surface area contributed by atoms with Gasteiger partial charge in [-0.05, 0) is 61.6 Å². The van der Waals surface area contributed by atoms with Crippen molar-refractivity contribution in [1.29, 1.82) is 0 Å². The fourth-order valence-corrected chi connectivity index (χ4v) is 4.59. The Bertz CT molecular complexity index is 949. The molecule has 2 aromatic carbocycles. The first kappa shape index (κ1) is 19.4. The molecule has 142 valence electrons. The molecule has 0 unspecified atom stereocenters. The third kappa shape index (κ3) is 4.86. The zero-order valence-corrected chi connectivity index (χ0v) is 16.6. The van der Waals surface area contributed by atoms with Gasteiger partial charge in [0.2, 0.25) is 5.91 Å². The van der Waals surface area contributed by atoms with E-state index >= 15 is 0 Å². The second-order valence-electron chi connectivity index (χ2n) is 7.10. The van der Waals surface area contributed by atoms with Gasteiger partial charge in [0.1, 0.15) is 0 Å². The Morgan fingerprint density at radius 2 is 1.81 bits per heavy atom. The summed E-state index contributed by atoms with van der Waals surface area (Å²) in [5.41, 5.74) is 4.19. The van der Waals surface area contributed by atoms with Gasteiger partial charge in [-0.3, -0.25) is 4.79 Å². The number of carbonyl (C=O) groups excluding carboxylic acids is 1. The quantitative estimate of drug-likeness (QED) is 0.758. The molecule has 5 heteroatoms. The molecular weight excluding hydrogens is 358 g/mol. The predicted molar refractivity (Wildman–Crippen MR) is 109 cm³/mol. The lowest BCUT2D eigenvalue weighted by Crippen LogP contribution is -2.41. The summed E-state index contributed by atoms with van der Waals surface area (Å²) in [6.45, 7) is 4.02. The number of amides is 1. The third-order valence-electron chi connectivity index (χ3n) is 4.98. The van der Waals surface area contributed by atoms with Crippen molar-refractivity contribution >= 4 is 21.4 Å². The topological polar surface area (TPSA) is 54.5 Å². The summed E-state index contributed by atoms with van der Waals surface area (Å²) >= 11 is 0. The Balaban J connectivity index is 1.77. The van der Waals surface area contributed by atoms with Crippen LogP contribution in [0.2, 0.25) is 0 Å². The number of hydrogen-bond donors (Lipinski definition) is 0. The molecule has 1 heterocycles. The van der Waals surface area contributed by atoms with Crippen molar-refractivity contribution < 1.29 is 13.2 Å². The second-order valence-corrected chi connectivity index (χ2v) is 9.03. The van der Waals surface area contributed by atoms with Gasteiger partial charge < -0.3 is 4.90 Å². The molecule has 4 nitrogen and oxygen atoms in total. The molecule has 0 saturated carbocycles. The minimum Gasteiger partial charge on any atom is -0.304 e. The first-order valence-electron chi connectivity index (χ1n) is 9.20. The standard InChI is InChI=1S/C22H25NO3S/c1-17-11-12-20(15-18(17)2)23(21-13-14-27(25,26)16-21)22(24)10-6-9-19-7-4-3-5-8-19/h3-5,7-8,11-15,21H,6,9-10,16H2,1-2H3/t21-/m0/s1. The first-order chi connectivity index (χ1) is 12.9. The van der Waals surface area contributed by atoms with Gasteiger partial charge in [-0.1, -0.05) is 36.4 Å². The Kier molecular flexibility index (Phi) is 5.80.